The SMILES string of the molecule is O=C(c1ccc(-n2ccnc2)nn1)N1CCOCC1. The zero-order valence-corrected chi connectivity index (χ0v) is 10.3. The summed E-state index contributed by atoms with van der Waals surface area (Å²) in [6.07, 6.45) is 5.06. The minimum absolute atomic E-state index is 0.104. The first-order valence-electron chi connectivity index (χ1n) is 6.04. The molecule has 19 heavy (non-hydrogen) atoms. The largest absolute Gasteiger partial charge is 0.378 e. The second-order valence-electron chi connectivity index (χ2n) is 4.15. The van der Waals surface area contributed by atoms with Crippen LogP contribution in [0, 0.1) is 0 Å². The quantitative estimate of drug-likeness (QED) is 0.766. The Hall–Kier alpha value is -2.28. The predicted molar refractivity (Wildman–Crippen MR) is 65.9 cm³/mol. The van der Waals surface area contributed by atoms with Crippen molar-refractivity contribution in [2.75, 3.05) is 26.3 Å². The van der Waals surface area contributed by atoms with Crippen LogP contribution in [-0.4, -0.2) is 56.9 Å². The second kappa shape index (κ2) is 5.15. The van der Waals surface area contributed by atoms with Crippen LogP contribution in [0.15, 0.2) is 30.9 Å². The first-order chi connectivity index (χ1) is 9.34. The summed E-state index contributed by atoms with van der Waals surface area (Å²) in [6, 6.07) is 3.43. The molecule has 0 aliphatic carbocycles. The standard InChI is InChI=1S/C12H13N5O2/c18-12(16-5-7-19-8-6-16)10-1-2-11(15-14-10)17-4-3-13-9-17/h1-4,9H,5-8H2. The summed E-state index contributed by atoms with van der Waals surface area (Å²) in [4.78, 5) is 17.8. The number of ether oxygens (including phenoxy) is 1. The fraction of sp³-hybridized carbons (Fsp3) is 0.333. The highest BCUT2D eigenvalue weighted by Gasteiger charge is 2.19. The van der Waals surface area contributed by atoms with Crippen LogP contribution in [0.3, 0.4) is 0 Å². The van der Waals surface area contributed by atoms with E-state index in [0.717, 1.165) is 0 Å². The van der Waals surface area contributed by atoms with Gasteiger partial charge in [0, 0.05) is 25.5 Å². The molecule has 0 N–H and O–H groups in total. The molecule has 1 amide bonds. The van der Waals surface area contributed by atoms with Crippen LogP contribution < -0.4 is 0 Å². The first kappa shape index (κ1) is 11.8. The summed E-state index contributed by atoms with van der Waals surface area (Å²) >= 11 is 0. The third-order valence-electron chi connectivity index (χ3n) is 2.94. The Balaban J connectivity index is 1.76. The van der Waals surface area contributed by atoms with Gasteiger partial charge in [-0.15, -0.1) is 10.2 Å². The van der Waals surface area contributed by atoms with E-state index in [1.54, 1.807) is 40.3 Å². The Morgan fingerprint density at radius 1 is 1.21 bits per heavy atom. The molecule has 1 aliphatic heterocycles. The fourth-order valence-electron chi connectivity index (χ4n) is 1.90. The number of amides is 1. The van der Waals surface area contributed by atoms with E-state index in [2.05, 4.69) is 15.2 Å². The van der Waals surface area contributed by atoms with Crippen LogP contribution in [0.5, 0.6) is 0 Å². The molecule has 0 unspecified atom stereocenters. The average molecular weight is 259 g/mol. The lowest BCUT2D eigenvalue weighted by atomic mass is 10.3. The summed E-state index contributed by atoms with van der Waals surface area (Å²) in [5.41, 5.74) is 0.353. The molecule has 3 heterocycles. The zero-order chi connectivity index (χ0) is 13.1. The average Bonchev–Trinajstić information content (AvgIpc) is 3.02. The van der Waals surface area contributed by atoms with Crippen molar-refractivity contribution in [3.8, 4) is 5.82 Å². The van der Waals surface area contributed by atoms with Crippen molar-refractivity contribution in [1.29, 1.82) is 0 Å². The number of aromatic nitrogens is 4. The number of morpholine rings is 1. The van der Waals surface area contributed by atoms with Crippen molar-refractivity contribution in [3.05, 3.63) is 36.5 Å². The van der Waals surface area contributed by atoms with Crippen molar-refractivity contribution < 1.29 is 9.53 Å². The molecule has 0 atom stereocenters. The lowest BCUT2D eigenvalue weighted by molar-refractivity contribution is 0.0298. The molecule has 1 aliphatic rings. The number of nitrogens with zero attached hydrogens (tertiary/aromatic N) is 5. The van der Waals surface area contributed by atoms with Gasteiger partial charge in [-0.3, -0.25) is 9.36 Å². The third kappa shape index (κ3) is 2.45. The van der Waals surface area contributed by atoms with Gasteiger partial charge >= 0.3 is 0 Å². The fourth-order valence-corrected chi connectivity index (χ4v) is 1.90. The third-order valence-corrected chi connectivity index (χ3v) is 2.94. The van der Waals surface area contributed by atoms with Gasteiger partial charge in [0.1, 0.15) is 6.33 Å². The van der Waals surface area contributed by atoms with Crippen molar-refractivity contribution in [3.63, 3.8) is 0 Å². The van der Waals surface area contributed by atoms with Crippen LogP contribution >= 0.6 is 0 Å². The maximum absolute atomic E-state index is 12.1. The summed E-state index contributed by atoms with van der Waals surface area (Å²) in [7, 11) is 0. The summed E-state index contributed by atoms with van der Waals surface area (Å²) < 4.78 is 6.95. The highest BCUT2D eigenvalue weighted by atomic mass is 16.5. The smallest absolute Gasteiger partial charge is 0.274 e. The van der Waals surface area contributed by atoms with E-state index < -0.39 is 0 Å². The van der Waals surface area contributed by atoms with Gasteiger partial charge in [0.05, 0.1) is 13.2 Å². The highest BCUT2D eigenvalue weighted by Crippen LogP contribution is 2.07. The summed E-state index contributed by atoms with van der Waals surface area (Å²) in [6.45, 7) is 2.35. The van der Waals surface area contributed by atoms with Gasteiger partial charge in [0.25, 0.3) is 5.91 Å². The monoisotopic (exact) mass is 259 g/mol. The van der Waals surface area contributed by atoms with E-state index in [1.165, 1.54) is 0 Å². The van der Waals surface area contributed by atoms with Crippen LogP contribution in [0.4, 0.5) is 0 Å². The van der Waals surface area contributed by atoms with Crippen LogP contribution in [0.2, 0.25) is 0 Å². The highest BCUT2D eigenvalue weighted by molar-refractivity contribution is 5.92. The molecule has 1 saturated heterocycles. The molecule has 0 saturated carbocycles. The predicted octanol–water partition coefficient (Wildman–Crippen LogP) is 0.135. The first-order valence-corrected chi connectivity index (χ1v) is 6.04. The number of hydrogen-bond acceptors (Lipinski definition) is 5. The molecule has 98 valence electrons. The van der Waals surface area contributed by atoms with Crippen molar-refractivity contribution >= 4 is 5.91 Å². The number of hydrogen-bond donors (Lipinski definition) is 0. The molecule has 7 heteroatoms. The van der Waals surface area contributed by atoms with Crippen molar-refractivity contribution in [1.82, 2.24) is 24.6 Å². The van der Waals surface area contributed by atoms with Crippen molar-refractivity contribution in [2.24, 2.45) is 0 Å². The summed E-state index contributed by atoms with van der Waals surface area (Å²) in [5, 5.41) is 8.01. The molecule has 2 aromatic rings. The van der Waals surface area contributed by atoms with Gasteiger partial charge in [0.15, 0.2) is 11.5 Å². The van der Waals surface area contributed by atoms with E-state index >= 15 is 0 Å². The lowest BCUT2D eigenvalue weighted by Crippen LogP contribution is -2.41. The van der Waals surface area contributed by atoms with Gasteiger partial charge in [-0.25, -0.2) is 4.98 Å². The molecular weight excluding hydrogens is 246 g/mol. The molecule has 2 aromatic heterocycles. The Morgan fingerprint density at radius 3 is 2.68 bits per heavy atom. The van der Waals surface area contributed by atoms with E-state index in [-0.39, 0.29) is 5.91 Å². The van der Waals surface area contributed by atoms with Gasteiger partial charge in [-0.2, -0.15) is 0 Å². The number of carbonyl (C=O) groups excluding carboxylic acids is 1. The Bertz CT molecular complexity index is 546. The van der Waals surface area contributed by atoms with Crippen LogP contribution in [0.25, 0.3) is 5.82 Å². The molecule has 7 nitrogen and oxygen atoms in total. The minimum Gasteiger partial charge on any atom is -0.378 e. The normalized spacial score (nSPS) is 15.5. The van der Waals surface area contributed by atoms with E-state index in [9.17, 15) is 4.79 Å². The molecule has 1 fully saturated rings. The van der Waals surface area contributed by atoms with E-state index in [1.807, 2.05) is 0 Å². The molecule has 3 rings (SSSR count). The van der Waals surface area contributed by atoms with Gasteiger partial charge in [-0.1, -0.05) is 0 Å². The minimum atomic E-state index is -0.104. The molecule has 0 spiro atoms. The van der Waals surface area contributed by atoms with Gasteiger partial charge in [-0.05, 0) is 12.1 Å². The van der Waals surface area contributed by atoms with E-state index in [0.29, 0.717) is 37.8 Å². The Labute approximate surface area is 109 Å². The number of carbonyl (C=O) groups is 1. The zero-order valence-electron chi connectivity index (χ0n) is 10.3. The second-order valence-corrected chi connectivity index (χ2v) is 4.15. The Morgan fingerprint density at radius 2 is 2.05 bits per heavy atom. The molecule has 0 aromatic carbocycles. The van der Waals surface area contributed by atoms with Crippen LogP contribution in [0.1, 0.15) is 10.5 Å². The van der Waals surface area contributed by atoms with Crippen molar-refractivity contribution in [2.45, 2.75) is 0 Å². The summed E-state index contributed by atoms with van der Waals surface area (Å²) in [5.74, 6) is 0.531. The van der Waals surface area contributed by atoms with Crippen LogP contribution in [-0.2, 0) is 4.74 Å². The van der Waals surface area contributed by atoms with E-state index in [4.69, 9.17) is 4.74 Å². The van der Waals surface area contributed by atoms with Gasteiger partial charge < -0.3 is 9.64 Å². The molecule has 0 bridgehead atoms. The maximum atomic E-state index is 12.1. The lowest BCUT2D eigenvalue weighted by Gasteiger charge is -2.26. The number of imidazole rings is 1. The maximum Gasteiger partial charge on any atom is 0.274 e. The molecular formula is C12H13N5O2. The number of rotatable bonds is 2. The molecule has 0 radical (unpaired) electrons. The topological polar surface area (TPSA) is 73.1 Å². The van der Waals surface area contributed by atoms with Gasteiger partial charge in [0.2, 0.25) is 0 Å². The Kier molecular flexibility index (Phi) is 3.20.